The Balaban J connectivity index is 2.07. The van der Waals surface area contributed by atoms with Gasteiger partial charge in [-0.1, -0.05) is 48.5 Å². The summed E-state index contributed by atoms with van der Waals surface area (Å²) < 4.78 is 78.1. The molecule has 0 N–H and O–H groups in total. The van der Waals surface area contributed by atoms with Crippen LogP contribution in [0.25, 0.3) is 22.3 Å². The van der Waals surface area contributed by atoms with Gasteiger partial charge in [-0.15, -0.1) is 0 Å². The summed E-state index contributed by atoms with van der Waals surface area (Å²) in [5, 5.41) is 0. The molecule has 3 aromatic rings. The van der Waals surface area contributed by atoms with Gasteiger partial charge in [0.15, 0.2) is 0 Å². The molecular weight excluding hydrogens is 366 g/mol. The molecule has 140 valence electrons. The van der Waals surface area contributed by atoms with Crippen molar-refractivity contribution in [2.24, 2.45) is 0 Å². The van der Waals surface area contributed by atoms with Gasteiger partial charge in [-0.2, -0.15) is 26.3 Å². The van der Waals surface area contributed by atoms with Crippen molar-refractivity contribution < 1.29 is 26.3 Å². The van der Waals surface area contributed by atoms with E-state index in [2.05, 4.69) is 0 Å². The van der Waals surface area contributed by atoms with E-state index >= 15 is 0 Å². The first-order valence-corrected chi connectivity index (χ1v) is 8.01. The average Bonchev–Trinajstić information content (AvgIpc) is 2.60. The highest BCUT2D eigenvalue weighted by atomic mass is 19.4. The van der Waals surface area contributed by atoms with Crippen LogP contribution in [0.4, 0.5) is 26.3 Å². The van der Waals surface area contributed by atoms with E-state index in [-0.39, 0.29) is 17.2 Å². The maximum Gasteiger partial charge on any atom is 0.416 e. The molecule has 3 rings (SSSR count). The van der Waals surface area contributed by atoms with Crippen molar-refractivity contribution >= 4 is 0 Å². The van der Waals surface area contributed by atoms with Crippen molar-refractivity contribution in [1.29, 1.82) is 0 Å². The van der Waals surface area contributed by atoms with Crippen LogP contribution in [0.5, 0.6) is 0 Å². The van der Waals surface area contributed by atoms with E-state index in [1.807, 2.05) is 31.2 Å². The first-order valence-electron chi connectivity index (χ1n) is 8.01. The van der Waals surface area contributed by atoms with Crippen LogP contribution in [-0.4, -0.2) is 0 Å². The number of halogens is 6. The predicted octanol–water partition coefficient (Wildman–Crippen LogP) is 7.37. The molecule has 0 aliphatic carbocycles. The lowest BCUT2D eigenvalue weighted by Gasteiger charge is -2.15. The SMILES string of the molecule is Cc1ccccc1-c1ccc(-c2cc(C(F)(F)F)cc(C(F)(F)F)c2)cc1. The fraction of sp³-hybridized carbons (Fsp3) is 0.143. The molecule has 0 fully saturated rings. The second-order valence-electron chi connectivity index (χ2n) is 6.19. The number of rotatable bonds is 2. The van der Waals surface area contributed by atoms with Crippen molar-refractivity contribution in [2.45, 2.75) is 19.3 Å². The highest BCUT2D eigenvalue weighted by Gasteiger charge is 2.36. The van der Waals surface area contributed by atoms with E-state index in [0.29, 0.717) is 0 Å². The van der Waals surface area contributed by atoms with Gasteiger partial charge >= 0.3 is 12.4 Å². The van der Waals surface area contributed by atoms with Gasteiger partial charge in [0.25, 0.3) is 0 Å². The van der Waals surface area contributed by atoms with Crippen LogP contribution in [0.3, 0.4) is 0 Å². The summed E-state index contributed by atoms with van der Waals surface area (Å²) >= 11 is 0. The van der Waals surface area contributed by atoms with Crippen molar-refractivity contribution in [3.8, 4) is 22.3 Å². The zero-order chi connectivity index (χ0) is 19.8. The molecule has 0 aliphatic heterocycles. The van der Waals surface area contributed by atoms with Crippen LogP contribution in [0.1, 0.15) is 16.7 Å². The molecule has 0 unspecified atom stereocenters. The van der Waals surface area contributed by atoms with Gasteiger partial charge in [-0.3, -0.25) is 0 Å². The van der Waals surface area contributed by atoms with Crippen molar-refractivity contribution in [1.82, 2.24) is 0 Å². The first kappa shape index (κ1) is 19.0. The third-order valence-electron chi connectivity index (χ3n) is 4.26. The average molecular weight is 380 g/mol. The molecule has 0 radical (unpaired) electrons. The standard InChI is InChI=1S/C21H14F6/c1-13-4-2-3-5-19(13)15-8-6-14(7-9-15)16-10-17(20(22,23)24)12-18(11-16)21(25,26)27/h2-12H,1H3. The van der Waals surface area contributed by atoms with Gasteiger partial charge in [0, 0.05) is 0 Å². The fourth-order valence-corrected chi connectivity index (χ4v) is 2.86. The van der Waals surface area contributed by atoms with E-state index in [9.17, 15) is 26.3 Å². The Labute approximate surface area is 152 Å². The molecule has 27 heavy (non-hydrogen) atoms. The zero-order valence-electron chi connectivity index (χ0n) is 14.1. The highest BCUT2D eigenvalue weighted by molar-refractivity contribution is 5.72. The molecule has 0 aromatic heterocycles. The topological polar surface area (TPSA) is 0 Å². The Morgan fingerprint density at radius 2 is 1.04 bits per heavy atom. The molecule has 0 aliphatic rings. The van der Waals surface area contributed by atoms with Crippen LogP contribution in [0.2, 0.25) is 0 Å². The van der Waals surface area contributed by atoms with Crippen LogP contribution >= 0.6 is 0 Å². The summed E-state index contributed by atoms with van der Waals surface area (Å²) in [6, 6.07) is 15.6. The minimum absolute atomic E-state index is 0.130. The molecule has 0 saturated heterocycles. The monoisotopic (exact) mass is 380 g/mol. The predicted molar refractivity (Wildman–Crippen MR) is 92.1 cm³/mol. The number of hydrogen-bond donors (Lipinski definition) is 0. The Hall–Kier alpha value is -2.76. The molecule has 0 spiro atoms. The van der Waals surface area contributed by atoms with Crippen LogP contribution < -0.4 is 0 Å². The largest absolute Gasteiger partial charge is 0.416 e. The minimum atomic E-state index is -4.86. The number of alkyl halides is 6. The maximum absolute atomic E-state index is 13.0. The molecule has 0 amide bonds. The summed E-state index contributed by atoms with van der Waals surface area (Å²) in [6.45, 7) is 1.92. The Morgan fingerprint density at radius 1 is 0.556 bits per heavy atom. The molecule has 3 aromatic carbocycles. The Bertz CT molecular complexity index is 917. The maximum atomic E-state index is 13.0. The normalized spacial score (nSPS) is 12.3. The third-order valence-corrected chi connectivity index (χ3v) is 4.26. The zero-order valence-corrected chi connectivity index (χ0v) is 14.1. The third kappa shape index (κ3) is 4.15. The number of hydrogen-bond acceptors (Lipinski definition) is 0. The molecular formula is C21H14F6. The molecule has 0 atom stereocenters. The number of benzene rings is 3. The van der Waals surface area contributed by atoms with Gasteiger partial charge in [0.1, 0.15) is 0 Å². The van der Waals surface area contributed by atoms with Gasteiger partial charge < -0.3 is 0 Å². The Morgan fingerprint density at radius 3 is 1.52 bits per heavy atom. The number of aryl methyl sites for hydroxylation is 1. The Kier molecular flexibility index (Phi) is 4.76. The summed E-state index contributed by atoms with van der Waals surface area (Å²) in [5.41, 5.74) is 0.302. The van der Waals surface area contributed by atoms with Gasteiger partial charge in [-0.25, -0.2) is 0 Å². The van der Waals surface area contributed by atoms with E-state index < -0.39 is 23.5 Å². The van der Waals surface area contributed by atoms with Crippen molar-refractivity contribution in [3.05, 3.63) is 83.4 Å². The molecule has 0 bridgehead atoms. The summed E-state index contributed by atoms with van der Waals surface area (Å²) in [5.74, 6) is 0. The van der Waals surface area contributed by atoms with Gasteiger partial charge in [0.05, 0.1) is 11.1 Å². The molecule has 0 saturated carbocycles. The summed E-state index contributed by atoms with van der Waals surface area (Å²) in [6.07, 6.45) is -9.73. The van der Waals surface area contributed by atoms with Crippen molar-refractivity contribution in [2.75, 3.05) is 0 Å². The second kappa shape index (κ2) is 6.76. The van der Waals surface area contributed by atoms with Crippen LogP contribution in [0, 0.1) is 6.92 Å². The summed E-state index contributed by atoms with van der Waals surface area (Å²) in [7, 11) is 0. The van der Waals surface area contributed by atoms with Crippen molar-refractivity contribution in [3.63, 3.8) is 0 Å². The minimum Gasteiger partial charge on any atom is -0.166 e. The van der Waals surface area contributed by atoms with E-state index in [1.54, 1.807) is 12.1 Å². The summed E-state index contributed by atoms with van der Waals surface area (Å²) in [4.78, 5) is 0. The fourth-order valence-electron chi connectivity index (χ4n) is 2.86. The molecule has 6 heteroatoms. The van der Waals surface area contributed by atoms with E-state index in [1.165, 1.54) is 12.1 Å². The van der Waals surface area contributed by atoms with Gasteiger partial charge in [-0.05, 0) is 52.9 Å². The molecule has 0 heterocycles. The second-order valence-corrected chi connectivity index (χ2v) is 6.19. The lowest BCUT2D eigenvalue weighted by molar-refractivity contribution is -0.143. The van der Waals surface area contributed by atoms with Crippen LogP contribution in [-0.2, 0) is 12.4 Å². The highest BCUT2D eigenvalue weighted by Crippen LogP contribution is 2.39. The molecule has 0 nitrogen and oxygen atoms in total. The first-order chi connectivity index (χ1) is 12.6. The smallest absolute Gasteiger partial charge is 0.166 e. The quantitative estimate of drug-likeness (QED) is 0.407. The van der Waals surface area contributed by atoms with E-state index in [0.717, 1.165) is 28.8 Å². The van der Waals surface area contributed by atoms with Crippen LogP contribution in [0.15, 0.2) is 66.7 Å². The van der Waals surface area contributed by atoms with Gasteiger partial charge in [0.2, 0.25) is 0 Å². The lowest BCUT2D eigenvalue weighted by Crippen LogP contribution is -2.11. The van der Waals surface area contributed by atoms with E-state index in [4.69, 9.17) is 0 Å². The lowest BCUT2D eigenvalue weighted by atomic mass is 9.95.